The predicted octanol–water partition coefficient (Wildman–Crippen LogP) is 2.99. The molecular formula is C28H29FN10OS. The molecule has 5 aromatic rings. The highest BCUT2D eigenvalue weighted by Gasteiger charge is 2.24. The summed E-state index contributed by atoms with van der Waals surface area (Å²) in [6.07, 6.45) is 9.18. The molecule has 0 spiro atoms. The van der Waals surface area contributed by atoms with Gasteiger partial charge in [-0.3, -0.25) is 9.08 Å². The SMILES string of the molecule is Fc1ccccc1Sc1cnc(N2CCN(c3ncnc4ccc(-c5cnn(C[C@@H]6CNCCO6)c5)n34)CC2)nc1. The molecule has 4 aromatic heterocycles. The Balaban J connectivity index is 1.04. The molecular weight excluding hydrogens is 543 g/mol. The van der Waals surface area contributed by atoms with Crippen molar-refractivity contribution in [3.8, 4) is 11.3 Å². The maximum absolute atomic E-state index is 14.0. The first-order chi connectivity index (χ1) is 20.2. The first kappa shape index (κ1) is 25.9. The molecule has 210 valence electrons. The molecule has 0 saturated carbocycles. The lowest BCUT2D eigenvalue weighted by Gasteiger charge is -2.35. The highest BCUT2D eigenvalue weighted by atomic mass is 32.2. The van der Waals surface area contributed by atoms with E-state index in [-0.39, 0.29) is 11.9 Å². The Bertz CT molecular complexity index is 1630. The van der Waals surface area contributed by atoms with Gasteiger partial charge in [-0.2, -0.15) is 5.10 Å². The van der Waals surface area contributed by atoms with E-state index in [1.54, 1.807) is 30.9 Å². The standard InChI is InChI=1S/C28H29FN10OS/c29-23-3-1-2-4-25(23)41-22-15-31-27(32-16-22)36-8-10-37(11-9-36)28-34-19-33-26-6-5-24(39(26)28)20-13-35-38(17-20)18-21-14-30-7-12-40-21/h1-6,13,15-17,19,21,30H,7-12,14,18H2/t21-/m0/s1. The number of anilines is 2. The molecule has 6 heterocycles. The minimum Gasteiger partial charge on any atom is -0.374 e. The van der Waals surface area contributed by atoms with Crippen LogP contribution in [0.2, 0.25) is 0 Å². The van der Waals surface area contributed by atoms with Gasteiger partial charge in [-0.25, -0.2) is 24.3 Å². The number of rotatable bonds is 7. The Kier molecular flexibility index (Phi) is 7.21. The maximum Gasteiger partial charge on any atom is 0.225 e. The minimum absolute atomic E-state index is 0.113. The number of aromatic nitrogens is 7. The molecule has 2 aliphatic rings. The molecule has 2 aliphatic heterocycles. The van der Waals surface area contributed by atoms with Crippen LogP contribution in [0, 0.1) is 5.82 Å². The van der Waals surface area contributed by atoms with E-state index in [1.807, 2.05) is 23.0 Å². The zero-order chi connectivity index (χ0) is 27.6. The van der Waals surface area contributed by atoms with E-state index in [2.05, 4.69) is 56.8 Å². The molecule has 41 heavy (non-hydrogen) atoms. The molecule has 0 bridgehead atoms. The first-order valence-electron chi connectivity index (χ1n) is 13.6. The van der Waals surface area contributed by atoms with Crippen LogP contribution in [0.25, 0.3) is 16.9 Å². The van der Waals surface area contributed by atoms with Gasteiger partial charge in [0, 0.05) is 73.2 Å². The van der Waals surface area contributed by atoms with Crippen LogP contribution >= 0.6 is 11.8 Å². The topological polar surface area (TPSA) is 102 Å². The van der Waals surface area contributed by atoms with Crippen molar-refractivity contribution in [2.24, 2.45) is 0 Å². The Morgan fingerprint density at radius 3 is 2.59 bits per heavy atom. The highest BCUT2D eigenvalue weighted by molar-refractivity contribution is 7.99. The van der Waals surface area contributed by atoms with Crippen molar-refractivity contribution >= 4 is 29.3 Å². The zero-order valence-electron chi connectivity index (χ0n) is 22.3. The van der Waals surface area contributed by atoms with Gasteiger partial charge in [0.25, 0.3) is 0 Å². The van der Waals surface area contributed by atoms with E-state index in [4.69, 9.17) is 4.74 Å². The van der Waals surface area contributed by atoms with Crippen LogP contribution in [-0.4, -0.2) is 86.1 Å². The molecule has 7 rings (SSSR count). The van der Waals surface area contributed by atoms with Crippen LogP contribution in [0.1, 0.15) is 0 Å². The van der Waals surface area contributed by atoms with Gasteiger partial charge >= 0.3 is 0 Å². The number of piperazine rings is 1. The van der Waals surface area contributed by atoms with Gasteiger partial charge in [0.15, 0.2) is 0 Å². The quantitative estimate of drug-likeness (QED) is 0.313. The maximum atomic E-state index is 14.0. The number of morpholine rings is 1. The molecule has 1 aromatic carbocycles. The number of halogens is 1. The summed E-state index contributed by atoms with van der Waals surface area (Å²) in [7, 11) is 0. The Labute approximate surface area is 240 Å². The molecule has 0 aliphatic carbocycles. The monoisotopic (exact) mass is 572 g/mol. The lowest BCUT2D eigenvalue weighted by atomic mass is 10.2. The number of nitrogens with zero attached hydrogens (tertiary/aromatic N) is 9. The number of fused-ring (bicyclic) bond motifs is 1. The van der Waals surface area contributed by atoms with Crippen molar-refractivity contribution in [3.63, 3.8) is 0 Å². The largest absolute Gasteiger partial charge is 0.374 e. The van der Waals surface area contributed by atoms with E-state index in [0.29, 0.717) is 17.4 Å². The summed E-state index contributed by atoms with van der Waals surface area (Å²) in [5.41, 5.74) is 2.84. The van der Waals surface area contributed by atoms with Crippen molar-refractivity contribution in [2.45, 2.75) is 22.4 Å². The van der Waals surface area contributed by atoms with Gasteiger partial charge in [-0.15, -0.1) is 0 Å². The van der Waals surface area contributed by atoms with E-state index in [9.17, 15) is 4.39 Å². The van der Waals surface area contributed by atoms with Gasteiger partial charge in [-0.05, 0) is 24.3 Å². The minimum atomic E-state index is -0.247. The zero-order valence-corrected chi connectivity index (χ0v) is 23.1. The highest BCUT2D eigenvalue weighted by Crippen LogP contribution is 2.30. The van der Waals surface area contributed by atoms with Gasteiger partial charge in [0.2, 0.25) is 11.9 Å². The molecule has 1 atom stereocenters. The number of ether oxygens (including phenoxy) is 1. The molecule has 11 nitrogen and oxygen atoms in total. The summed E-state index contributed by atoms with van der Waals surface area (Å²) in [6, 6.07) is 10.8. The third-order valence-corrected chi connectivity index (χ3v) is 8.27. The van der Waals surface area contributed by atoms with Crippen molar-refractivity contribution < 1.29 is 9.13 Å². The average Bonchev–Trinajstić information content (AvgIpc) is 3.66. The average molecular weight is 573 g/mol. The summed E-state index contributed by atoms with van der Waals surface area (Å²) in [5, 5.41) is 7.96. The summed E-state index contributed by atoms with van der Waals surface area (Å²) in [4.78, 5) is 24.1. The van der Waals surface area contributed by atoms with E-state index < -0.39 is 0 Å². The molecule has 13 heteroatoms. The number of nitrogens with one attached hydrogen (secondary N) is 1. The van der Waals surface area contributed by atoms with Crippen LogP contribution in [0.5, 0.6) is 0 Å². The first-order valence-corrected chi connectivity index (χ1v) is 14.4. The normalized spacial score (nSPS) is 17.8. The fourth-order valence-electron chi connectivity index (χ4n) is 5.21. The van der Waals surface area contributed by atoms with Crippen molar-refractivity contribution in [1.29, 1.82) is 0 Å². The fourth-order valence-corrected chi connectivity index (χ4v) is 5.99. The summed E-state index contributed by atoms with van der Waals surface area (Å²) in [5.74, 6) is 1.27. The Morgan fingerprint density at radius 1 is 0.951 bits per heavy atom. The lowest BCUT2D eigenvalue weighted by Crippen LogP contribution is -2.48. The summed E-state index contributed by atoms with van der Waals surface area (Å²) < 4.78 is 23.9. The molecule has 1 N–H and O–H groups in total. The van der Waals surface area contributed by atoms with Crippen molar-refractivity contribution in [1.82, 2.24) is 39.4 Å². The van der Waals surface area contributed by atoms with Gasteiger partial charge in [-0.1, -0.05) is 23.9 Å². The Morgan fingerprint density at radius 2 is 1.78 bits per heavy atom. The molecule has 0 amide bonds. The predicted molar refractivity (Wildman–Crippen MR) is 154 cm³/mol. The number of benzene rings is 1. The van der Waals surface area contributed by atoms with E-state index in [1.165, 1.54) is 17.8 Å². The van der Waals surface area contributed by atoms with Crippen LogP contribution in [0.3, 0.4) is 0 Å². The van der Waals surface area contributed by atoms with Crippen LogP contribution in [0.4, 0.5) is 16.3 Å². The summed E-state index contributed by atoms with van der Waals surface area (Å²) >= 11 is 1.32. The van der Waals surface area contributed by atoms with Crippen molar-refractivity contribution in [3.05, 3.63) is 73.3 Å². The smallest absolute Gasteiger partial charge is 0.225 e. The second-order valence-corrected chi connectivity index (χ2v) is 11.1. The third kappa shape index (κ3) is 5.47. The Hall–Kier alpha value is -4.07. The molecule has 0 radical (unpaired) electrons. The van der Waals surface area contributed by atoms with Gasteiger partial charge in [0.1, 0.15) is 17.8 Å². The van der Waals surface area contributed by atoms with Gasteiger partial charge in [0.05, 0.1) is 31.1 Å². The van der Waals surface area contributed by atoms with Crippen LogP contribution in [0.15, 0.2) is 77.3 Å². The number of hydrogen-bond donors (Lipinski definition) is 1. The molecule has 2 saturated heterocycles. The third-order valence-electron chi connectivity index (χ3n) is 7.27. The van der Waals surface area contributed by atoms with E-state index in [0.717, 1.165) is 73.6 Å². The van der Waals surface area contributed by atoms with E-state index >= 15 is 0 Å². The number of hydrogen-bond acceptors (Lipinski definition) is 10. The van der Waals surface area contributed by atoms with Crippen LogP contribution < -0.4 is 15.1 Å². The second-order valence-electron chi connectivity index (χ2n) is 9.96. The van der Waals surface area contributed by atoms with Crippen LogP contribution in [-0.2, 0) is 11.3 Å². The lowest BCUT2D eigenvalue weighted by molar-refractivity contribution is 0.0161. The molecule has 0 unspecified atom stereocenters. The fraction of sp³-hybridized carbons (Fsp3) is 0.321. The van der Waals surface area contributed by atoms with Gasteiger partial charge < -0.3 is 19.9 Å². The molecule has 2 fully saturated rings. The van der Waals surface area contributed by atoms with Crippen molar-refractivity contribution in [2.75, 3.05) is 55.7 Å². The second kappa shape index (κ2) is 11.4. The summed E-state index contributed by atoms with van der Waals surface area (Å²) in [6.45, 7) is 6.14.